The summed E-state index contributed by atoms with van der Waals surface area (Å²) in [5.74, 6) is 0.704. The van der Waals surface area contributed by atoms with Crippen LogP contribution in [0.3, 0.4) is 0 Å². The first kappa shape index (κ1) is 13.7. The molecule has 0 spiro atoms. The topological polar surface area (TPSA) is 98.6 Å². The van der Waals surface area contributed by atoms with Crippen molar-refractivity contribution in [2.45, 2.75) is 31.6 Å². The number of oxazole rings is 1. The lowest BCUT2D eigenvalue weighted by Crippen LogP contribution is -2.22. The number of esters is 1. The Kier molecular flexibility index (Phi) is 3.45. The van der Waals surface area contributed by atoms with Gasteiger partial charge in [-0.15, -0.1) is 0 Å². The molecule has 3 N–H and O–H groups in total. The molecule has 0 aliphatic heterocycles. The summed E-state index contributed by atoms with van der Waals surface area (Å²) in [6.07, 6.45) is 3.25. The minimum Gasteiger partial charge on any atom is -0.506 e. The molecule has 0 bridgehead atoms. The maximum Gasteiger partial charge on any atom is 0.308 e. The number of carbonyl (C=O) groups is 1. The lowest BCUT2D eigenvalue weighted by molar-refractivity contribution is -0.146. The summed E-state index contributed by atoms with van der Waals surface area (Å²) < 4.78 is 10.5. The third kappa shape index (κ3) is 2.53. The third-order valence-electron chi connectivity index (χ3n) is 4.16. The van der Waals surface area contributed by atoms with Crippen LogP contribution in [-0.4, -0.2) is 23.2 Å². The van der Waals surface area contributed by atoms with Gasteiger partial charge in [0, 0.05) is 18.1 Å². The molecule has 0 unspecified atom stereocenters. The molecular weight excluding hydrogens is 272 g/mol. The maximum atomic E-state index is 11.5. The van der Waals surface area contributed by atoms with E-state index < -0.39 is 0 Å². The summed E-state index contributed by atoms with van der Waals surface area (Å²) in [7, 11) is 1.42. The van der Waals surface area contributed by atoms with Gasteiger partial charge in [-0.2, -0.15) is 0 Å². The summed E-state index contributed by atoms with van der Waals surface area (Å²) in [4.78, 5) is 16.0. The molecule has 1 aromatic heterocycles. The summed E-state index contributed by atoms with van der Waals surface area (Å²) >= 11 is 0. The third-order valence-corrected chi connectivity index (χ3v) is 4.16. The van der Waals surface area contributed by atoms with Gasteiger partial charge in [-0.1, -0.05) is 0 Å². The fourth-order valence-corrected chi connectivity index (χ4v) is 2.91. The van der Waals surface area contributed by atoms with Crippen molar-refractivity contribution in [2.75, 3.05) is 12.8 Å². The van der Waals surface area contributed by atoms with E-state index in [0.717, 1.165) is 25.7 Å². The second-order valence-corrected chi connectivity index (χ2v) is 5.50. The Morgan fingerprint density at radius 2 is 2.10 bits per heavy atom. The van der Waals surface area contributed by atoms with E-state index in [1.165, 1.54) is 13.2 Å². The Bertz CT molecular complexity index is 633. The quantitative estimate of drug-likeness (QED) is 0.501. The summed E-state index contributed by atoms with van der Waals surface area (Å²) in [6.45, 7) is 0. The number of nitrogens with zero attached hydrogens (tertiary/aromatic N) is 1. The zero-order valence-electron chi connectivity index (χ0n) is 11.8. The Balaban J connectivity index is 1.78. The van der Waals surface area contributed by atoms with Gasteiger partial charge in [0.1, 0.15) is 11.3 Å². The molecule has 6 nitrogen and oxygen atoms in total. The lowest BCUT2D eigenvalue weighted by atomic mass is 9.82. The number of fused-ring (bicyclic) bond motifs is 1. The normalized spacial score (nSPS) is 22.3. The fraction of sp³-hybridized carbons (Fsp3) is 0.467. The maximum absolute atomic E-state index is 11.5. The number of benzene rings is 1. The molecule has 21 heavy (non-hydrogen) atoms. The van der Waals surface area contributed by atoms with Gasteiger partial charge in [0.2, 0.25) is 0 Å². The van der Waals surface area contributed by atoms with E-state index >= 15 is 0 Å². The van der Waals surface area contributed by atoms with Crippen LogP contribution in [0.2, 0.25) is 0 Å². The number of phenolic OH excluding ortho intramolecular Hbond substituents is 1. The van der Waals surface area contributed by atoms with Crippen LogP contribution >= 0.6 is 0 Å². The van der Waals surface area contributed by atoms with E-state index in [0.29, 0.717) is 17.0 Å². The second-order valence-electron chi connectivity index (χ2n) is 5.50. The van der Waals surface area contributed by atoms with Crippen molar-refractivity contribution in [2.24, 2.45) is 5.92 Å². The van der Waals surface area contributed by atoms with Crippen molar-refractivity contribution in [1.82, 2.24) is 4.98 Å². The average molecular weight is 290 g/mol. The Hall–Kier alpha value is -2.24. The SMILES string of the molecule is COC(=O)[C@H]1CC[C@H](c2nc3cc(O)c(N)cc3o2)CC1. The monoisotopic (exact) mass is 290 g/mol. The molecule has 0 amide bonds. The second kappa shape index (κ2) is 5.27. The van der Waals surface area contributed by atoms with Gasteiger partial charge < -0.3 is 20.0 Å². The van der Waals surface area contributed by atoms with Crippen LogP contribution in [0, 0.1) is 5.92 Å². The zero-order valence-corrected chi connectivity index (χ0v) is 11.8. The molecule has 1 aliphatic rings. The van der Waals surface area contributed by atoms with Crippen LogP contribution in [0.25, 0.3) is 11.1 Å². The van der Waals surface area contributed by atoms with Crippen LogP contribution in [-0.2, 0) is 9.53 Å². The first-order valence-corrected chi connectivity index (χ1v) is 7.05. The van der Waals surface area contributed by atoms with Crippen LogP contribution in [0.4, 0.5) is 5.69 Å². The molecule has 1 saturated carbocycles. The van der Waals surface area contributed by atoms with Gasteiger partial charge in [-0.3, -0.25) is 4.79 Å². The number of nitrogen functional groups attached to an aromatic ring is 1. The largest absolute Gasteiger partial charge is 0.506 e. The number of aromatic nitrogens is 1. The summed E-state index contributed by atoms with van der Waals surface area (Å²) in [6, 6.07) is 3.10. The standard InChI is InChI=1S/C15H18N2O4/c1-20-15(19)9-4-2-8(3-5-9)14-17-11-7-12(18)10(16)6-13(11)21-14/h6-9,18H,2-5,16H2,1H3/t8-,9-. The molecule has 6 heteroatoms. The molecule has 1 aliphatic carbocycles. The van der Waals surface area contributed by atoms with Crippen molar-refractivity contribution < 1.29 is 19.1 Å². The number of hydrogen-bond acceptors (Lipinski definition) is 6. The Morgan fingerprint density at radius 3 is 2.76 bits per heavy atom. The molecule has 112 valence electrons. The minimum atomic E-state index is -0.135. The van der Waals surface area contributed by atoms with Crippen molar-refractivity contribution in [3.8, 4) is 5.75 Å². The molecule has 0 radical (unpaired) electrons. The highest BCUT2D eigenvalue weighted by molar-refractivity contribution is 5.80. The van der Waals surface area contributed by atoms with E-state index in [2.05, 4.69) is 4.98 Å². The van der Waals surface area contributed by atoms with E-state index in [-0.39, 0.29) is 29.2 Å². The number of nitrogens with two attached hydrogens (primary N) is 1. The van der Waals surface area contributed by atoms with Crippen LogP contribution in [0.1, 0.15) is 37.5 Å². The van der Waals surface area contributed by atoms with Gasteiger partial charge in [-0.25, -0.2) is 4.98 Å². The Morgan fingerprint density at radius 1 is 1.38 bits per heavy atom. The fourth-order valence-electron chi connectivity index (χ4n) is 2.91. The van der Waals surface area contributed by atoms with E-state index in [9.17, 15) is 9.90 Å². The van der Waals surface area contributed by atoms with Crippen molar-refractivity contribution >= 4 is 22.8 Å². The molecule has 1 heterocycles. The van der Waals surface area contributed by atoms with Crippen molar-refractivity contribution in [1.29, 1.82) is 0 Å². The molecule has 3 rings (SSSR count). The predicted octanol–water partition coefficient (Wildman–Crippen LogP) is 2.56. The van der Waals surface area contributed by atoms with Gasteiger partial charge >= 0.3 is 5.97 Å². The number of ether oxygens (including phenoxy) is 1. The number of anilines is 1. The molecule has 1 fully saturated rings. The predicted molar refractivity (Wildman–Crippen MR) is 76.8 cm³/mol. The highest BCUT2D eigenvalue weighted by atomic mass is 16.5. The highest BCUT2D eigenvalue weighted by Crippen LogP contribution is 2.37. The van der Waals surface area contributed by atoms with Crippen molar-refractivity contribution in [3.05, 3.63) is 18.0 Å². The molecule has 1 aromatic carbocycles. The van der Waals surface area contributed by atoms with Gasteiger partial charge in [-0.05, 0) is 25.7 Å². The zero-order chi connectivity index (χ0) is 15.0. The molecular formula is C15H18N2O4. The van der Waals surface area contributed by atoms with E-state index in [1.54, 1.807) is 6.07 Å². The first-order valence-electron chi connectivity index (χ1n) is 7.05. The first-order chi connectivity index (χ1) is 10.1. The lowest BCUT2D eigenvalue weighted by Gasteiger charge is -2.24. The van der Waals surface area contributed by atoms with E-state index in [1.807, 2.05) is 0 Å². The molecule has 0 saturated heterocycles. The molecule has 0 atom stereocenters. The average Bonchev–Trinajstić information content (AvgIpc) is 2.90. The van der Waals surface area contributed by atoms with Crippen LogP contribution in [0.15, 0.2) is 16.5 Å². The highest BCUT2D eigenvalue weighted by Gasteiger charge is 2.30. The number of carbonyl (C=O) groups excluding carboxylic acids is 1. The van der Waals surface area contributed by atoms with Crippen LogP contribution in [0.5, 0.6) is 5.75 Å². The van der Waals surface area contributed by atoms with Crippen LogP contribution < -0.4 is 5.73 Å². The molecule has 2 aromatic rings. The van der Waals surface area contributed by atoms with Gasteiger partial charge in [0.15, 0.2) is 11.5 Å². The smallest absolute Gasteiger partial charge is 0.308 e. The van der Waals surface area contributed by atoms with Gasteiger partial charge in [0.25, 0.3) is 0 Å². The van der Waals surface area contributed by atoms with Gasteiger partial charge in [0.05, 0.1) is 18.7 Å². The minimum absolute atomic E-state index is 0.0109. The number of rotatable bonds is 2. The Labute approximate surface area is 121 Å². The van der Waals surface area contributed by atoms with Crippen molar-refractivity contribution in [3.63, 3.8) is 0 Å². The number of methoxy groups -OCH3 is 1. The number of hydrogen-bond donors (Lipinski definition) is 2. The number of aromatic hydroxyl groups is 1. The summed E-state index contributed by atoms with van der Waals surface area (Å²) in [5.41, 5.74) is 7.11. The van der Waals surface area contributed by atoms with E-state index in [4.69, 9.17) is 14.9 Å². The number of phenols is 1. The summed E-state index contributed by atoms with van der Waals surface area (Å²) in [5, 5.41) is 9.60.